The molecule has 0 spiro atoms. The molecule has 0 aromatic heterocycles. The molecular weight excluding hydrogens is 112 g/mol. The maximum Gasteiger partial charge on any atom is 0.0635 e. The van der Waals surface area contributed by atoms with Crippen molar-refractivity contribution < 1.29 is 4.74 Å². The summed E-state index contributed by atoms with van der Waals surface area (Å²) in [6.07, 6.45) is 8.22. The summed E-state index contributed by atoms with van der Waals surface area (Å²) in [7, 11) is 0. The Bertz CT molecular complexity index is 90.7. The van der Waals surface area contributed by atoms with E-state index in [4.69, 9.17) is 4.74 Å². The molecule has 0 unspecified atom stereocenters. The first-order valence-corrected chi connectivity index (χ1v) is 3.92. The van der Waals surface area contributed by atoms with Gasteiger partial charge in [0, 0.05) is 6.61 Å². The lowest BCUT2D eigenvalue weighted by atomic mass is 10.1. The third-order valence-corrected chi connectivity index (χ3v) is 2.14. The third kappa shape index (κ3) is 1.26. The van der Waals surface area contributed by atoms with Crippen molar-refractivity contribution in [3.05, 3.63) is 6.42 Å². The number of rotatable bonds is 1. The fourth-order valence-corrected chi connectivity index (χ4v) is 1.41. The van der Waals surface area contributed by atoms with Crippen molar-refractivity contribution in [1.82, 2.24) is 0 Å². The van der Waals surface area contributed by atoms with Crippen molar-refractivity contribution in [2.75, 3.05) is 6.61 Å². The molecule has 0 amide bonds. The number of hydrogen-bond acceptors (Lipinski definition) is 1. The molecule has 1 aliphatic carbocycles. The van der Waals surface area contributed by atoms with Crippen LogP contribution in [0.15, 0.2) is 0 Å². The Hall–Kier alpha value is -0.0400. The standard InChI is InChI=1S/C8H13O/c1-2-6-9-8(3-1)7-4-5-7/h3,7-8H,1-2,4-6H2/t8-/m1/s1. The van der Waals surface area contributed by atoms with Crippen LogP contribution in [0.2, 0.25) is 0 Å². The molecular formula is C8H13O. The van der Waals surface area contributed by atoms with E-state index in [0.717, 1.165) is 12.5 Å². The molecule has 1 saturated carbocycles. The largest absolute Gasteiger partial charge is 0.378 e. The molecule has 1 radical (unpaired) electrons. The Morgan fingerprint density at radius 3 is 2.78 bits per heavy atom. The van der Waals surface area contributed by atoms with Gasteiger partial charge in [-0.1, -0.05) is 0 Å². The Kier molecular flexibility index (Phi) is 1.46. The molecule has 51 valence electrons. The summed E-state index contributed by atoms with van der Waals surface area (Å²) in [6.45, 7) is 0.998. The van der Waals surface area contributed by atoms with Crippen molar-refractivity contribution in [1.29, 1.82) is 0 Å². The summed E-state index contributed by atoms with van der Waals surface area (Å²) in [6, 6.07) is 0. The molecule has 1 aliphatic heterocycles. The molecule has 0 bridgehead atoms. The van der Waals surface area contributed by atoms with Gasteiger partial charge in [-0.05, 0) is 38.0 Å². The predicted molar refractivity (Wildman–Crippen MR) is 36.0 cm³/mol. The van der Waals surface area contributed by atoms with E-state index in [9.17, 15) is 0 Å². The molecule has 1 heterocycles. The summed E-state index contributed by atoms with van der Waals surface area (Å²) in [5.74, 6) is 0.908. The van der Waals surface area contributed by atoms with Crippen molar-refractivity contribution in [3.63, 3.8) is 0 Å². The topological polar surface area (TPSA) is 9.23 Å². The third-order valence-electron chi connectivity index (χ3n) is 2.14. The maximum atomic E-state index is 5.55. The predicted octanol–water partition coefficient (Wildman–Crippen LogP) is 1.78. The second-order valence-corrected chi connectivity index (χ2v) is 3.05. The van der Waals surface area contributed by atoms with E-state index in [0.29, 0.717) is 6.10 Å². The summed E-state index contributed by atoms with van der Waals surface area (Å²) in [5, 5.41) is 0. The van der Waals surface area contributed by atoms with Gasteiger partial charge in [-0.25, -0.2) is 0 Å². The summed E-state index contributed by atoms with van der Waals surface area (Å²) in [4.78, 5) is 0. The average molecular weight is 125 g/mol. The van der Waals surface area contributed by atoms with Crippen LogP contribution in [0.25, 0.3) is 0 Å². The van der Waals surface area contributed by atoms with Crippen LogP contribution in [0.3, 0.4) is 0 Å². The first-order chi connectivity index (χ1) is 4.47. The van der Waals surface area contributed by atoms with E-state index in [1.807, 2.05) is 0 Å². The summed E-state index contributed by atoms with van der Waals surface area (Å²) in [5.41, 5.74) is 0. The molecule has 1 heteroatoms. The molecule has 0 aromatic rings. The van der Waals surface area contributed by atoms with E-state index in [2.05, 4.69) is 6.42 Å². The SMILES string of the molecule is [CH]1CCCO[C@H]1C1CC1. The van der Waals surface area contributed by atoms with E-state index >= 15 is 0 Å². The zero-order chi connectivity index (χ0) is 6.10. The Morgan fingerprint density at radius 2 is 2.22 bits per heavy atom. The minimum absolute atomic E-state index is 0.541. The Balaban J connectivity index is 1.80. The molecule has 1 nitrogen and oxygen atoms in total. The van der Waals surface area contributed by atoms with Crippen LogP contribution in [0, 0.1) is 12.3 Å². The normalized spacial score (nSPS) is 36.7. The summed E-state index contributed by atoms with van der Waals surface area (Å²) >= 11 is 0. The Labute approximate surface area is 56.4 Å². The van der Waals surface area contributed by atoms with Gasteiger partial charge in [-0.3, -0.25) is 0 Å². The average Bonchev–Trinajstić information content (AvgIpc) is 2.71. The highest BCUT2D eigenvalue weighted by atomic mass is 16.5. The number of hydrogen-bond donors (Lipinski definition) is 0. The molecule has 0 aromatic carbocycles. The monoisotopic (exact) mass is 125 g/mol. The molecule has 0 N–H and O–H groups in total. The highest BCUT2D eigenvalue weighted by Gasteiger charge is 2.32. The lowest BCUT2D eigenvalue weighted by Gasteiger charge is -2.21. The number of ether oxygens (including phenoxy) is 1. The van der Waals surface area contributed by atoms with E-state index < -0.39 is 0 Å². The quantitative estimate of drug-likeness (QED) is 0.519. The second-order valence-electron chi connectivity index (χ2n) is 3.05. The van der Waals surface area contributed by atoms with Crippen LogP contribution in [-0.4, -0.2) is 12.7 Å². The zero-order valence-electron chi connectivity index (χ0n) is 5.68. The van der Waals surface area contributed by atoms with Crippen LogP contribution in [0.5, 0.6) is 0 Å². The van der Waals surface area contributed by atoms with E-state index in [-0.39, 0.29) is 0 Å². The van der Waals surface area contributed by atoms with Crippen molar-refractivity contribution >= 4 is 0 Å². The van der Waals surface area contributed by atoms with E-state index in [1.54, 1.807) is 0 Å². The Morgan fingerprint density at radius 1 is 1.33 bits per heavy atom. The fourth-order valence-electron chi connectivity index (χ4n) is 1.41. The lowest BCUT2D eigenvalue weighted by molar-refractivity contribution is 0.0356. The summed E-state index contributed by atoms with van der Waals surface area (Å²) < 4.78 is 5.55. The zero-order valence-corrected chi connectivity index (χ0v) is 5.68. The van der Waals surface area contributed by atoms with E-state index in [1.165, 1.54) is 25.7 Å². The van der Waals surface area contributed by atoms with Crippen molar-refractivity contribution in [3.8, 4) is 0 Å². The van der Waals surface area contributed by atoms with Crippen LogP contribution < -0.4 is 0 Å². The first-order valence-electron chi connectivity index (χ1n) is 3.92. The molecule has 1 saturated heterocycles. The van der Waals surface area contributed by atoms with Gasteiger partial charge in [0.15, 0.2) is 0 Å². The van der Waals surface area contributed by atoms with Crippen LogP contribution >= 0.6 is 0 Å². The van der Waals surface area contributed by atoms with Crippen LogP contribution in [-0.2, 0) is 4.74 Å². The fraction of sp³-hybridized carbons (Fsp3) is 0.875. The van der Waals surface area contributed by atoms with Crippen LogP contribution in [0.4, 0.5) is 0 Å². The van der Waals surface area contributed by atoms with Gasteiger partial charge in [0.1, 0.15) is 0 Å². The highest BCUT2D eigenvalue weighted by Crippen LogP contribution is 2.37. The lowest BCUT2D eigenvalue weighted by Crippen LogP contribution is -2.21. The maximum absolute atomic E-state index is 5.55. The highest BCUT2D eigenvalue weighted by molar-refractivity contribution is 4.92. The minimum Gasteiger partial charge on any atom is -0.378 e. The van der Waals surface area contributed by atoms with Gasteiger partial charge in [0.2, 0.25) is 0 Å². The van der Waals surface area contributed by atoms with Crippen molar-refractivity contribution in [2.24, 2.45) is 5.92 Å². The molecule has 2 aliphatic rings. The smallest absolute Gasteiger partial charge is 0.0635 e. The van der Waals surface area contributed by atoms with Gasteiger partial charge in [0.05, 0.1) is 6.10 Å². The first kappa shape index (κ1) is 5.72. The molecule has 9 heavy (non-hydrogen) atoms. The van der Waals surface area contributed by atoms with Crippen molar-refractivity contribution in [2.45, 2.75) is 31.8 Å². The van der Waals surface area contributed by atoms with Gasteiger partial charge in [-0.2, -0.15) is 0 Å². The van der Waals surface area contributed by atoms with Gasteiger partial charge in [0.25, 0.3) is 0 Å². The van der Waals surface area contributed by atoms with Gasteiger partial charge in [-0.15, -0.1) is 0 Å². The molecule has 2 rings (SSSR count). The van der Waals surface area contributed by atoms with Crippen LogP contribution in [0.1, 0.15) is 25.7 Å². The molecule has 1 atom stereocenters. The molecule has 2 fully saturated rings. The van der Waals surface area contributed by atoms with Gasteiger partial charge >= 0.3 is 0 Å². The second kappa shape index (κ2) is 2.30. The minimum atomic E-state index is 0.541. The van der Waals surface area contributed by atoms with Gasteiger partial charge < -0.3 is 4.74 Å².